The molecule has 0 aromatic rings. The number of guanidine groups is 1. The summed E-state index contributed by atoms with van der Waals surface area (Å²) in [6.07, 6.45) is 2.08. The molecule has 0 radical (unpaired) electrons. The molecule has 0 saturated carbocycles. The van der Waals surface area contributed by atoms with Gasteiger partial charge in [-0.05, 0) is 6.26 Å². The summed E-state index contributed by atoms with van der Waals surface area (Å²) in [4.78, 5) is 5.94. The standard InChI is InChI=1S/C6H16N4S/c1-8-6(9-7)10(2)4-5-11-3/h4-5,7H2,1-3H3,(H,8,9). The van der Waals surface area contributed by atoms with Gasteiger partial charge in [0.1, 0.15) is 0 Å². The van der Waals surface area contributed by atoms with Crippen molar-refractivity contribution in [3.8, 4) is 0 Å². The molecular weight excluding hydrogens is 160 g/mol. The molecule has 11 heavy (non-hydrogen) atoms. The molecule has 0 unspecified atom stereocenters. The molecule has 0 rings (SSSR count). The number of nitrogens with one attached hydrogen (secondary N) is 1. The van der Waals surface area contributed by atoms with E-state index in [1.807, 2.05) is 11.9 Å². The molecular formula is C6H16N4S. The number of rotatable bonds is 3. The molecule has 0 spiro atoms. The third-order valence-corrected chi connectivity index (χ3v) is 1.92. The fourth-order valence-electron chi connectivity index (χ4n) is 0.680. The Bertz CT molecular complexity index is 126. The van der Waals surface area contributed by atoms with Gasteiger partial charge in [0.05, 0.1) is 0 Å². The smallest absolute Gasteiger partial charge is 0.207 e. The van der Waals surface area contributed by atoms with Crippen LogP contribution in [0.5, 0.6) is 0 Å². The van der Waals surface area contributed by atoms with Gasteiger partial charge in [-0.25, -0.2) is 5.84 Å². The highest BCUT2D eigenvalue weighted by Gasteiger charge is 2.00. The van der Waals surface area contributed by atoms with Gasteiger partial charge in [0.2, 0.25) is 5.96 Å². The fraction of sp³-hybridized carbons (Fsp3) is 0.833. The molecule has 0 heterocycles. The van der Waals surface area contributed by atoms with E-state index >= 15 is 0 Å². The maximum atomic E-state index is 5.23. The van der Waals surface area contributed by atoms with Crippen LogP contribution in [0.2, 0.25) is 0 Å². The second-order valence-corrected chi connectivity index (χ2v) is 3.09. The fourth-order valence-corrected chi connectivity index (χ4v) is 1.14. The highest BCUT2D eigenvalue weighted by atomic mass is 32.2. The molecule has 66 valence electrons. The van der Waals surface area contributed by atoms with Gasteiger partial charge in [-0.3, -0.25) is 10.4 Å². The zero-order valence-corrected chi connectivity index (χ0v) is 8.11. The van der Waals surface area contributed by atoms with E-state index in [1.54, 1.807) is 18.8 Å². The first-order valence-electron chi connectivity index (χ1n) is 3.39. The van der Waals surface area contributed by atoms with Crippen molar-refractivity contribution < 1.29 is 0 Å². The van der Waals surface area contributed by atoms with E-state index in [0.717, 1.165) is 18.3 Å². The summed E-state index contributed by atoms with van der Waals surface area (Å²) < 4.78 is 0. The van der Waals surface area contributed by atoms with Crippen molar-refractivity contribution in [3.05, 3.63) is 0 Å². The van der Waals surface area contributed by atoms with E-state index in [4.69, 9.17) is 5.84 Å². The van der Waals surface area contributed by atoms with Crippen LogP contribution in [0.1, 0.15) is 0 Å². The molecule has 0 fully saturated rings. The van der Waals surface area contributed by atoms with Crippen molar-refractivity contribution >= 4 is 17.7 Å². The molecule has 0 aromatic carbocycles. The lowest BCUT2D eigenvalue weighted by Crippen LogP contribution is -2.43. The van der Waals surface area contributed by atoms with Gasteiger partial charge in [0.15, 0.2) is 0 Å². The third-order valence-electron chi connectivity index (χ3n) is 1.33. The van der Waals surface area contributed by atoms with Crippen molar-refractivity contribution in [2.75, 3.05) is 32.6 Å². The van der Waals surface area contributed by atoms with E-state index in [2.05, 4.69) is 16.7 Å². The van der Waals surface area contributed by atoms with Crippen LogP contribution in [0.3, 0.4) is 0 Å². The van der Waals surface area contributed by atoms with Gasteiger partial charge in [-0.2, -0.15) is 11.8 Å². The van der Waals surface area contributed by atoms with E-state index in [-0.39, 0.29) is 0 Å². The third kappa shape index (κ3) is 4.10. The van der Waals surface area contributed by atoms with Crippen LogP contribution in [0, 0.1) is 0 Å². The van der Waals surface area contributed by atoms with Crippen molar-refractivity contribution in [1.29, 1.82) is 0 Å². The molecule has 0 saturated heterocycles. The van der Waals surface area contributed by atoms with Crippen LogP contribution in [0.4, 0.5) is 0 Å². The Kier molecular flexibility index (Phi) is 6.06. The maximum absolute atomic E-state index is 5.23. The molecule has 0 bridgehead atoms. The SMILES string of the molecule is CN=C(NN)N(C)CCSC. The molecule has 0 aliphatic carbocycles. The lowest BCUT2D eigenvalue weighted by atomic mass is 10.6. The van der Waals surface area contributed by atoms with E-state index in [0.29, 0.717) is 0 Å². The predicted octanol–water partition coefficient (Wildman–Crippen LogP) is -0.270. The van der Waals surface area contributed by atoms with Crippen molar-refractivity contribution in [2.24, 2.45) is 10.8 Å². The number of nitrogens with zero attached hydrogens (tertiary/aromatic N) is 2. The average molecular weight is 176 g/mol. The number of hydrogen-bond acceptors (Lipinski definition) is 3. The minimum atomic E-state index is 0.721. The number of hydrogen-bond donors (Lipinski definition) is 2. The summed E-state index contributed by atoms with van der Waals surface area (Å²) in [7, 11) is 3.67. The quantitative estimate of drug-likeness (QED) is 0.269. The highest BCUT2D eigenvalue weighted by molar-refractivity contribution is 7.98. The van der Waals surface area contributed by atoms with Crippen molar-refractivity contribution in [1.82, 2.24) is 10.3 Å². The normalized spacial score (nSPS) is 11.5. The highest BCUT2D eigenvalue weighted by Crippen LogP contribution is 1.92. The van der Waals surface area contributed by atoms with Gasteiger partial charge in [0, 0.05) is 26.4 Å². The van der Waals surface area contributed by atoms with Crippen molar-refractivity contribution in [3.63, 3.8) is 0 Å². The predicted molar refractivity (Wildman–Crippen MR) is 51.7 cm³/mol. The summed E-state index contributed by atoms with van der Waals surface area (Å²) in [5.41, 5.74) is 2.53. The summed E-state index contributed by atoms with van der Waals surface area (Å²) in [5, 5.41) is 0. The Morgan fingerprint density at radius 2 is 2.36 bits per heavy atom. The average Bonchev–Trinajstić information content (AvgIpc) is 2.03. The molecule has 0 aliphatic heterocycles. The van der Waals surface area contributed by atoms with Crippen LogP contribution >= 0.6 is 11.8 Å². The van der Waals surface area contributed by atoms with Gasteiger partial charge in [-0.1, -0.05) is 0 Å². The van der Waals surface area contributed by atoms with E-state index in [1.165, 1.54) is 0 Å². The second kappa shape index (κ2) is 6.30. The zero-order chi connectivity index (χ0) is 8.69. The zero-order valence-electron chi connectivity index (χ0n) is 7.29. The summed E-state index contributed by atoms with van der Waals surface area (Å²) in [6, 6.07) is 0. The molecule has 4 nitrogen and oxygen atoms in total. The van der Waals surface area contributed by atoms with Crippen LogP contribution < -0.4 is 11.3 Å². The van der Waals surface area contributed by atoms with Crippen molar-refractivity contribution in [2.45, 2.75) is 0 Å². The monoisotopic (exact) mass is 176 g/mol. The Hall–Kier alpha value is -0.420. The molecule has 3 N–H and O–H groups in total. The number of hydrazine groups is 1. The topological polar surface area (TPSA) is 53.6 Å². The van der Waals surface area contributed by atoms with Crippen LogP contribution in [-0.4, -0.2) is 43.5 Å². The first-order chi connectivity index (χ1) is 5.26. The molecule has 0 aliphatic rings. The van der Waals surface area contributed by atoms with E-state index < -0.39 is 0 Å². The second-order valence-electron chi connectivity index (χ2n) is 2.11. The van der Waals surface area contributed by atoms with Crippen LogP contribution in [0.15, 0.2) is 4.99 Å². The minimum Gasteiger partial charge on any atom is -0.344 e. The Morgan fingerprint density at radius 3 is 2.73 bits per heavy atom. The lowest BCUT2D eigenvalue weighted by molar-refractivity contribution is 0.515. The molecule has 0 atom stereocenters. The Labute approximate surface area is 72.2 Å². The lowest BCUT2D eigenvalue weighted by Gasteiger charge is -2.19. The summed E-state index contributed by atoms with van der Waals surface area (Å²) in [6.45, 7) is 0.956. The number of nitrogens with two attached hydrogens (primary N) is 1. The summed E-state index contributed by atoms with van der Waals surface area (Å²) >= 11 is 1.80. The van der Waals surface area contributed by atoms with Gasteiger partial charge >= 0.3 is 0 Å². The molecule has 0 aromatic heterocycles. The Balaban J connectivity index is 3.70. The number of aliphatic imine (C=N–C) groups is 1. The first kappa shape index (κ1) is 10.6. The Morgan fingerprint density at radius 1 is 1.73 bits per heavy atom. The summed E-state index contributed by atoms with van der Waals surface area (Å²) in [5.74, 6) is 7.03. The maximum Gasteiger partial charge on any atom is 0.207 e. The molecule has 0 amide bonds. The number of thioether (sulfide) groups is 1. The van der Waals surface area contributed by atoms with Gasteiger partial charge in [0.25, 0.3) is 0 Å². The molecule has 5 heteroatoms. The van der Waals surface area contributed by atoms with Gasteiger partial charge < -0.3 is 4.90 Å². The minimum absolute atomic E-state index is 0.721. The van der Waals surface area contributed by atoms with Crippen LogP contribution in [0.25, 0.3) is 0 Å². The first-order valence-corrected chi connectivity index (χ1v) is 4.79. The van der Waals surface area contributed by atoms with Gasteiger partial charge in [-0.15, -0.1) is 0 Å². The van der Waals surface area contributed by atoms with Crippen LogP contribution in [-0.2, 0) is 0 Å². The largest absolute Gasteiger partial charge is 0.344 e. The van der Waals surface area contributed by atoms with E-state index in [9.17, 15) is 0 Å².